The zero-order valence-electron chi connectivity index (χ0n) is 13.2. The third kappa shape index (κ3) is 4.16. The number of rotatable bonds is 4. The highest BCUT2D eigenvalue weighted by Crippen LogP contribution is 2.22. The number of hydrogen-bond donors (Lipinski definition) is 2. The van der Waals surface area contributed by atoms with Crippen LogP contribution in [0.3, 0.4) is 0 Å². The molecule has 2 rings (SSSR count). The lowest BCUT2D eigenvalue weighted by molar-refractivity contribution is 0.0780. The van der Waals surface area contributed by atoms with Gasteiger partial charge >= 0.3 is 0 Å². The van der Waals surface area contributed by atoms with Crippen LogP contribution < -0.4 is 0 Å². The maximum absolute atomic E-state index is 9.95. The summed E-state index contributed by atoms with van der Waals surface area (Å²) in [5, 5.41) is 19.9. The van der Waals surface area contributed by atoms with E-state index in [0.29, 0.717) is 0 Å². The number of benzene rings is 2. The Kier molecular flexibility index (Phi) is 4.22. The molecule has 0 saturated carbocycles. The van der Waals surface area contributed by atoms with Crippen LogP contribution in [0.15, 0.2) is 48.5 Å². The minimum Gasteiger partial charge on any atom is -0.386 e. The summed E-state index contributed by atoms with van der Waals surface area (Å²) in [7, 11) is 0. The van der Waals surface area contributed by atoms with Crippen LogP contribution in [0, 0.1) is 0 Å². The van der Waals surface area contributed by atoms with Gasteiger partial charge in [-0.2, -0.15) is 0 Å². The van der Waals surface area contributed by atoms with Gasteiger partial charge in [-0.25, -0.2) is 0 Å². The lowest BCUT2D eigenvalue weighted by Crippen LogP contribution is -2.15. The molecule has 0 unspecified atom stereocenters. The Bertz CT molecular complexity index is 526. The van der Waals surface area contributed by atoms with Gasteiger partial charge in [-0.1, -0.05) is 48.5 Å². The van der Waals surface area contributed by atoms with Crippen molar-refractivity contribution in [2.45, 2.75) is 45.3 Å². The molecule has 0 saturated heterocycles. The summed E-state index contributed by atoms with van der Waals surface area (Å²) in [6, 6.07) is 16.1. The van der Waals surface area contributed by atoms with E-state index in [-0.39, 0.29) is 0 Å². The van der Waals surface area contributed by atoms with Crippen LogP contribution in [-0.2, 0) is 17.6 Å². The maximum atomic E-state index is 9.95. The van der Waals surface area contributed by atoms with Crippen molar-refractivity contribution < 1.29 is 10.2 Å². The normalized spacial score (nSPS) is 12.5. The average molecular weight is 284 g/mol. The summed E-state index contributed by atoms with van der Waals surface area (Å²) in [5.41, 5.74) is 2.66. The van der Waals surface area contributed by atoms with E-state index in [1.807, 2.05) is 24.3 Å². The molecule has 2 aromatic carbocycles. The average Bonchev–Trinajstić information content (AvgIpc) is 2.38. The van der Waals surface area contributed by atoms with E-state index in [9.17, 15) is 10.2 Å². The maximum Gasteiger partial charge on any atom is 0.0840 e. The first-order valence-electron chi connectivity index (χ1n) is 7.30. The van der Waals surface area contributed by atoms with E-state index in [1.54, 1.807) is 27.7 Å². The molecule has 112 valence electrons. The molecule has 2 N–H and O–H groups in total. The molecule has 0 aliphatic carbocycles. The van der Waals surface area contributed by atoms with Crippen LogP contribution >= 0.6 is 0 Å². The van der Waals surface area contributed by atoms with Gasteiger partial charge in [-0.05, 0) is 56.4 Å². The Morgan fingerprint density at radius 3 is 1.14 bits per heavy atom. The lowest BCUT2D eigenvalue weighted by atomic mass is 9.94. The standard InChI is InChI=1S/C19H24O2/c1-18(2,20)16-9-5-14(6-10-16)13-15-7-11-17(12-8-15)19(3,4)21/h5-12,20-21H,13H2,1-4H3. The van der Waals surface area contributed by atoms with Crippen molar-refractivity contribution in [3.05, 3.63) is 70.8 Å². The van der Waals surface area contributed by atoms with Gasteiger partial charge in [-0.3, -0.25) is 0 Å². The Labute approximate surface area is 127 Å². The monoisotopic (exact) mass is 284 g/mol. The fourth-order valence-corrected chi connectivity index (χ4v) is 2.30. The van der Waals surface area contributed by atoms with Crippen molar-refractivity contribution in [1.82, 2.24) is 0 Å². The van der Waals surface area contributed by atoms with Crippen molar-refractivity contribution in [3.63, 3.8) is 0 Å². The third-order valence-electron chi connectivity index (χ3n) is 3.73. The first-order chi connectivity index (χ1) is 9.66. The van der Waals surface area contributed by atoms with E-state index in [2.05, 4.69) is 24.3 Å². The predicted molar refractivity (Wildman–Crippen MR) is 86.2 cm³/mol. The molecule has 0 radical (unpaired) electrons. The van der Waals surface area contributed by atoms with Crippen molar-refractivity contribution in [2.24, 2.45) is 0 Å². The molecular formula is C19H24O2. The molecule has 2 heteroatoms. The van der Waals surface area contributed by atoms with Crippen LogP contribution in [0.4, 0.5) is 0 Å². The smallest absolute Gasteiger partial charge is 0.0840 e. The van der Waals surface area contributed by atoms with Crippen LogP contribution in [-0.4, -0.2) is 10.2 Å². The molecule has 0 spiro atoms. The largest absolute Gasteiger partial charge is 0.386 e. The third-order valence-corrected chi connectivity index (χ3v) is 3.73. The zero-order valence-corrected chi connectivity index (χ0v) is 13.2. The summed E-state index contributed by atoms with van der Waals surface area (Å²) < 4.78 is 0. The molecule has 0 amide bonds. The van der Waals surface area contributed by atoms with Gasteiger partial charge in [0, 0.05) is 0 Å². The second-order valence-electron chi connectivity index (χ2n) is 6.69. The van der Waals surface area contributed by atoms with Crippen molar-refractivity contribution in [3.8, 4) is 0 Å². The van der Waals surface area contributed by atoms with Crippen LogP contribution in [0.25, 0.3) is 0 Å². The summed E-state index contributed by atoms with van der Waals surface area (Å²) in [6.07, 6.45) is 0.846. The molecule has 0 aliphatic heterocycles. The van der Waals surface area contributed by atoms with Crippen LogP contribution in [0.5, 0.6) is 0 Å². The second-order valence-corrected chi connectivity index (χ2v) is 6.69. The van der Waals surface area contributed by atoms with Gasteiger partial charge in [0.1, 0.15) is 0 Å². The zero-order chi connectivity index (χ0) is 15.7. The number of hydrogen-bond acceptors (Lipinski definition) is 2. The highest BCUT2D eigenvalue weighted by atomic mass is 16.3. The summed E-state index contributed by atoms with van der Waals surface area (Å²) in [4.78, 5) is 0. The molecule has 0 fully saturated rings. The van der Waals surface area contributed by atoms with Crippen molar-refractivity contribution >= 4 is 0 Å². The quantitative estimate of drug-likeness (QED) is 0.898. The van der Waals surface area contributed by atoms with Gasteiger partial charge in [0.2, 0.25) is 0 Å². The second kappa shape index (κ2) is 5.63. The minimum absolute atomic E-state index is 0.799. The molecule has 21 heavy (non-hydrogen) atoms. The van der Waals surface area contributed by atoms with Gasteiger partial charge in [-0.15, -0.1) is 0 Å². The molecule has 0 atom stereocenters. The highest BCUT2D eigenvalue weighted by Gasteiger charge is 2.16. The Morgan fingerprint density at radius 2 is 0.905 bits per heavy atom. The molecule has 2 nitrogen and oxygen atoms in total. The highest BCUT2D eigenvalue weighted by molar-refractivity contribution is 5.33. The van der Waals surface area contributed by atoms with Crippen molar-refractivity contribution in [2.75, 3.05) is 0 Å². The Hall–Kier alpha value is -1.64. The summed E-state index contributed by atoms with van der Waals surface area (Å²) in [5.74, 6) is 0. The van der Waals surface area contributed by atoms with Gasteiger partial charge in [0.25, 0.3) is 0 Å². The van der Waals surface area contributed by atoms with Crippen molar-refractivity contribution in [1.29, 1.82) is 0 Å². The Balaban J connectivity index is 2.12. The fraction of sp³-hybridized carbons (Fsp3) is 0.368. The SMILES string of the molecule is CC(C)(O)c1ccc(Cc2ccc(C(C)(C)O)cc2)cc1. The van der Waals surface area contributed by atoms with Gasteiger partial charge < -0.3 is 10.2 Å². The molecule has 0 aliphatic rings. The molecule has 0 bridgehead atoms. The lowest BCUT2D eigenvalue weighted by Gasteiger charge is -2.18. The van der Waals surface area contributed by atoms with E-state index in [1.165, 1.54) is 11.1 Å². The summed E-state index contributed by atoms with van der Waals surface area (Å²) in [6.45, 7) is 7.16. The molecule has 2 aromatic rings. The van der Waals surface area contributed by atoms with E-state index < -0.39 is 11.2 Å². The molecular weight excluding hydrogens is 260 g/mol. The Morgan fingerprint density at radius 1 is 0.619 bits per heavy atom. The molecule has 0 heterocycles. The van der Waals surface area contributed by atoms with E-state index in [0.717, 1.165) is 17.5 Å². The first-order valence-corrected chi connectivity index (χ1v) is 7.30. The molecule has 0 aromatic heterocycles. The van der Waals surface area contributed by atoms with E-state index >= 15 is 0 Å². The fourth-order valence-electron chi connectivity index (χ4n) is 2.30. The number of aliphatic hydroxyl groups is 2. The summed E-state index contributed by atoms with van der Waals surface area (Å²) >= 11 is 0. The van der Waals surface area contributed by atoms with Gasteiger partial charge in [0.05, 0.1) is 11.2 Å². The van der Waals surface area contributed by atoms with Crippen LogP contribution in [0.1, 0.15) is 49.9 Å². The first kappa shape index (κ1) is 15.7. The van der Waals surface area contributed by atoms with Gasteiger partial charge in [0.15, 0.2) is 0 Å². The minimum atomic E-state index is -0.799. The van der Waals surface area contributed by atoms with E-state index in [4.69, 9.17) is 0 Å². The predicted octanol–water partition coefficient (Wildman–Crippen LogP) is 3.73. The topological polar surface area (TPSA) is 40.5 Å². The van der Waals surface area contributed by atoms with Crippen LogP contribution in [0.2, 0.25) is 0 Å².